The van der Waals surface area contributed by atoms with Crippen molar-refractivity contribution in [3.05, 3.63) is 65.5 Å². The third-order valence-corrected chi connectivity index (χ3v) is 8.13. The van der Waals surface area contributed by atoms with Crippen LogP contribution in [0.2, 0.25) is 0 Å². The first-order chi connectivity index (χ1) is 17.2. The molecule has 0 bridgehead atoms. The van der Waals surface area contributed by atoms with Gasteiger partial charge in [-0.25, -0.2) is 12.8 Å². The number of benzene rings is 2. The van der Waals surface area contributed by atoms with Crippen molar-refractivity contribution < 1.29 is 27.2 Å². The maximum atomic E-state index is 13.4. The maximum absolute atomic E-state index is 13.4. The van der Waals surface area contributed by atoms with E-state index in [1.165, 1.54) is 29.2 Å². The van der Waals surface area contributed by atoms with E-state index < -0.39 is 39.7 Å². The minimum absolute atomic E-state index is 0.00690. The first kappa shape index (κ1) is 25.3. The fraction of sp³-hybridized carbons (Fsp3) is 0.333. The molecule has 2 N–H and O–H groups in total. The Morgan fingerprint density at radius 3 is 2.42 bits per heavy atom. The van der Waals surface area contributed by atoms with Gasteiger partial charge in [-0.3, -0.25) is 14.4 Å². The second-order valence-corrected chi connectivity index (χ2v) is 10.4. The van der Waals surface area contributed by atoms with Gasteiger partial charge in [0.05, 0.1) is 16.5 Å². The van der Waals surface area contributed by atoms with Crippen LogP contribution in [0.25, 0.3) is 0 Å². The predicted octanol–water partition coefficient (Wildman–Crippen LogP) is 0.607. The molecule has 3 amide bonds. The Morgan fingerprint density at radius 2 is 1.78 bits per heavy atom. The molecule has 0 aromatic heterocycles. The van der Waals surface area contributed by atoms with Crippen molar-refractivity contribution in [2.24, 2.45) is 0 Å². The van der Waals surface area contributed by atoms with Crippen molar-refractivity contribution in [1.29, 1.82) is 5.26 Å². The first-order valence-corrected chi connectivity index (χ1v) is 12.8. The molecule has 2 saturated heterocycles. The molecule has 2 atom stereocenters. The smallest absolute Gasteiger partial charge is 0.253 e. The van der Waals surface area contributed by atoms with E-state index >= 15 is 0 Å². The van der Waals surface area contributed by atoms with Crippen molar-refractivity contribution in [3.63, 3.8) is 0 Å². The molecule has 2 fully saturated rings. The normalized spacial score (nSPS) is 20.8. The first-order valence-electron chi connectivity index (χ1n) is 11.4. The lowest BCUT2D eigenvalue weighted by molar-refractivity contribution is -0.132. The van der Waals surface area contributed by atoms with E-state index in [2.05, 4.69) is 10.6 Å². The maximum Gasteiger partial charge on any atom is 0.253 e. The van der Waals surface area contributed by atoms with Gasteiger partial charge in [-0.15, -0.1) is 0 Å². The van der Waals surface area contributed by atoms with Crippen LogP contribution in [0.1, 0.15) is 28.8 Å². The largest absolute Gasteiger partial charge is 0.354 e. The molecule has 36 heavy (non-hydrogen) atoms. The fourth-order valence-corrected chi connectivity index (χ4v) is 5.81. The van der Waals surface area contributed by atoms with E-state index in [4.69, 9.17) is 5.26 Å². The SMILES string of the molecule is N#Cc1ccc(C(=O)N2CCN(S(=O)(=O)c3ccc(F)cc3)[C@@H](C(=O)N[C@H]3CCCNC3=O)C2)cc1. The number of nitrogens with one attached hydrogen (secondary N) is 2. The van der Waals surface area contributed by atoms with Crippen LogP contribution in [0.15, 0.2) is 53.4 Å². The van der Waals surface area contributed by atoms with Crippen LogP contribution in [0.4, 0.5) is 4.39 Å². The second-order valence-electron chi connectivity index (χ2n) is 8.52. The van der Waals surface area contributed by atoms with Gasteiger partial charge in [0.25, 0.3) is 5.91 Å². The van der Waals surface area contributed by atoms with E-state index in [9.17, 15) is 27.2 Å². The predicted molar refractivity (Wildman–Crippen MR) is 125 cm³/mol. The molecule has 0 aliphatic carbocycles. The van der Waals surface area contributed by atoms with Gasteiger partial charge in [-0.1, -0.05) is 0 Å². The second kappa shape index (κ2) is 10.4. The van der Waals surface area contributed by atoms with Crippen molar-refractivity contribution in [2.45, 2.75) is 29.8 Å². The molecule has 2 aliphatic heterocycles. The Labute approximate surface area is 207 Å². The summed E-state index contributed by atoms with van der Waals surface area (Å²) in [4.78, 5) is 39.8. The summed E-state index contributed by atoms with van der Waals surface area (Å²) in [6.07, 6.45) is 1.06. The van der Waals surface area contributed by atoms with Gasteiger partial charge in [0, 0.05) is 31.7 Å². The van der Waals surface area contributed by atoms with Gasteiger partial charge in [0.1, 0.15) is 17.9 Å². The average molecular weight is 514 g/mol. The molecule has 0 spiro atoms. The van der Waals surface area contributed by atoms with E-state index in [1.54, 1.807) is 0 Å². The Hall–Kier alpha value is -3.82. The number of sulfonamides is 1. The number of carbonyl (C=O) groups is 3. The summed E-state index contributed by atoms with van der Waals surface area (Å²) in [5.74, 6) is -2.10. The van der Waals surface area contributed by atoms with Crippen LogP contribution in [0.5, 0.6) is 0 Å². The Morgan fingerprint density at radius 1 is 1.08 bits per heavy atom. The van der Waals surface area contributed by atoms with E-state index in [0.717, 1.165) is 28.6 Å². The monoisotopic (exact) mass is 513 g/mol. The van der Waals surface area contributed by atoms with Gasteiger partial charge in [0.2, 0.25) is 21.8 Å². The summed E-state index contributed by atoms with van der Waals surface area (Å²) in [5, 5.41) is 14.3. The third kappa shape index (κ3) is 5.22. The van der Waals surface area contributed by atoms with Crippen LogP contribution in [0, 0.1) is 17.1 Å². The number of piperidine rings is 1. The van der Waals surface area contributed by atoms with Gasteiger partial charge in [-0.05, 0) is 61.4 Å². The number of amides is 3. The zero-order valence-corrected chi connectivity index (χ0v) is 20.0. The summed E-state index contributed by atoms with van der Waals surface area (Å²) in [6, 6.07) is 10.1. The van der Waals surface area contributed by atoms with E-state index in [-0.39, 0.29) is 36.0 Å². The van der Waals surface area contributed by atoms with Gasteiger partial charge >= 0.3 is 0 Å². The number of nitrogens with zero attached hydrogens (tertiary/aromatic N) is 3. The molecule has 2 aromatic carbocycles. The Balaban J connectivity index is 1.61. The highest BCUT2D eigenvalue weighted by Gasteiger charge is 2.42. The van der Waals surface area contributed by atoms with Crippen molar-refractivity contribution in [2.75, 3.05) is 26.2 Å². The molecular weight excluding hydrogens is 489 g/mol. The van der Waals surface area contributed by atoms with Gasteiger partial charge in [0.15, 0.2) is 0 Å². The quantitative estimate of drug-likeness (QED) is 0.601. The molecule has 12 heteroatoms. The molecule has 0 radical (unpaired) electrons. The molecule has 2 heterocycles. The lowest BCUT2D eigenvalue weighted by atomic mass is 10.1. The number of hydrogen-bond donors (Lipinski definition) is 2. The van der Waals surface area contributed by atoms with Crippen LogP contribution in [0.3, 0.4) is 0 Å². The molecule has 188 valence electrons. The van der Waals surface area contributed by atoms with Crippen LogP contribution in [-0.4, -0.2) is 73.6 Å². The zero-order valence-electron chi connectivity index (χ0n) is 19.2. The summed E-state index contributed by atoms with van der Waals surface area (Å²) in [5.41, 5.74) is 0.666. The minimum atomic E-state index is -4.22. The van der Waals surface area contributed by atoms with Gasteiger partial charge in [-0.2, -0.15) is 9.57 Å². The number of hydrogen-bond acceptors (Lipinski definition) is 6. The molecular formula is C24H24FN5O5S. The minimum Gasteiger partial charge on any atom is -0.354 e. The number of carbonyl (C=O) groups excluding carboxylic acids is 3. The third-order valence-electron chi connectivity index (χ3n) is 6.20. The Bertz CT molecular complexity index is 1310. The average Bonchev–Trinajstić information content (AvgIpc) is 2.89. The molecule has 0 saturated carbocycles. The van der Waals surface area contributed by atoms with Crippen molar-refractivity contribution >= 4 is 27.7 Å². The van der Waals surface area contributed by atoms with E-state index in [0.29, 0.717) is 24.9 Å². The summed E-state index contributed by atoms with van der Waals surface area (Å²) < 4.78 is 41.2. The van der Waals surface area contributed by atoms with Crippen LogP contribution >= 0.6 is 0 Å². The molecule has 2 aromatic rings. The number of halogens is 1. The highest BCUT2D eigenvalue weighted by molar-refractivity contribution is 7.89. The fourth-order valence-electron chi connectivity index (χ4n) is 4.24. The highest BCUT2D eigenvalue weighted by Crippen LogP contribution is 2.23. The van der Waals surface area contributed by atoms with Crippen molar-refractivity contribution in [1.82, 2.24) is 19.8 Å². The summed E-state index contributed by atoms with van der Waals surface area (Å²) in [6.45, 7) is 0.0651. The number of piperazine rings is 1. The Kier molecular flexibility index (Phi) is 7.32. The number of rotatable bonds is 5. The summed E-state index contributed by atoms with van der Waals surface area (Å²) in [7, 11) is -4.22. The van der Waals surface area contributed by atoms with E-state index in [1.807, 2.05) is 6.07 Å². The standard InChI is InChI=1S/C24H24FN5O5S/c25-18-7-9-19(10-8-18)36(34,35)30-13-12-29(24(33)17-5-3-16(14-26)4-6-17)15-21(30)23(32)28-20-2-1-11-27-22(20)31/h3-10,20-21H,1-2,11-13,15H2,(H,27,31)(H,28,32)/t20-,21+/m0/s1. The molecule has 4 rings (SSSR count). The van der Waals surface area contributed by atoms with Crippen molar-refractivity contribution in [3.8, 4) is 6.07 Å². The highest BCUT2D eigenvalue weighted by atomic mass is 32.2. The topological polar surface area (TPSA) is 140 Å². The van der Waals surface area contributed by atoms with Crippen LogP contribution in [-0.2, 0) is 19.6 Å². The summed E-state index contributed by atoms with van der Waals surface area (Å²) >= 11 is 0. The molecule has 0 unspecified atom stereocenters. The molecule has 2 aliphatic rings. The lowest BCUT2D eigenvalue weighted by Gasteiger charge is -2.40. The molecule has 10 nitrogen and oxygen atoms in total. The van der Waals surface area contributed by atoms with Crippen LogP contribution < -0.4 is 10.6 Å². The van der Waals surface area contributed by atoms with Gasteiger partial charge < -0.3 is 15.5 Å². The zero-order chi connectivity index (χ0) is 25.9. The number of nitriles is 1. The lowest BCUT2D eigenvalue weighted by Crippen LogP contribution is -2.63.